The van der Waals surface area contributed by atoms with E-state index >= 15 is 0 Å². The second-order valence-electron chi connectivity index (χ2n) is 5.60. The number of ether oxygens (including phenoxy) is 1. The fourth-order valence-corrected chi connectivity index (χ4v) is 2.86. The van der Waals surface area contributed by atoms with E-state index in [1.54, 1.807) is 7.11 Å². The van der Waals surface area contributed by atoms with E-state index < -0.39 is 0 Å². The average molecular weight is 405 g/mol. The fourth-order valence-electron chi connectivity index (χ4n) is 2.39. The molecular weight excluding hydrogens is 384 g/mol. The lowest BCUT2D eigenvalue weighted by atomic mass is 10.1. The Morgan fingerprint density at radius 2 is 1.88 bits per heavy atom. The highest BCUT2D eigenvalue weighted by atomic mass is 79.9. The number of nitrogens with one attached hydrogen (secondary N) is 2. The third-order valence-corrected chi connectivity index (χ3v) is 4.22. The second kappa shape index (κ2) is 9.22. The molecule has 0 spiro atoms. The number of aryl methyl sites for hydroxylation is 2. The molecule has 5 nitrogen and oxygen atoms in total. The molecule has 2 rings (SSSR count). The number of carbonyl (C=O) groups is 2. The number of hydrogen-bond acceptors (Lipinski definition) is 3. The molecule has 0 atom stereocenters. The van der Waals surface area contributed by atoms with Crippen LogP contribution >= 0.6 is 15.9 Å². The Kier molecular flexibility index (Phi) is 7.01. The summed E-state index contributed by atoms with van der Waals surface area (Å²) in [7, 11) is 1.60. The van der Waals surface area contributed by atoms with Crippen molar-refractivity contribution < 1.29 is 14.3 Å². The van der Waals surface area contributed by atoms with Gasteiger partial charge in [0, 0.05) is 16.6 Å². The molecule has 2 aromatic rings. The maximum atomic E-state index is 12.0. The summed E-state index contributed by atoms with van der Waals surface area (Å²) in [6.07, 6.45) is 0.855. The Morgan fingerprint density at radius 3 is 2.60 bits per heavy atom. The zero-order chi connectivity index (χ0) is 18.2. The predicted molar refractivity (Wildman–Crippen MR) is 102 cm³/mol. The molecule has 0 aliphatic rings. The van der Waals surface area contributed by atoms with Crippen molar-refractivity contribution in [3.05, 3.63) is 58.1 Å². The number of benzene rings is 2. The molecule has 0 bridgehead atoms. The van der Waals surface area contributed by atoms with Crippen molar-refractivity contribution in [1.82, 2.24) is 5.32 Å². The van der Waals surface area contributed by atoms with Crippen LogP contribution in [0.3, 0.4) is 0 Å². The van der Waals surface area contributed by atoms with Crippen LogP contribution in [0.2, 0.25) is 0 Å². The van der Waals surface area contributed by atoms with Gasteiger partial charge < -0.3 is 15.4 Å². The van der Waals surface area contributed by atoms with Crippen molar-refractivity contribution in [2.45, 2.75) is 19.8 Å². The van der Waals surface area contributed by atoms with Crippen LogP contribution in [0.25, 0.3) is 0 Å². The van der Waals surface area contributed by atoms with E-state index in [1.165, 1.54) is 0 Å². The molecule has 2 aromatic carbocycles. The Bertz CT molecular complexity index is 762. The number of hydrogen-bond donors (Lipinski definition) is 2. The molecule has 2 amide bonds. The molecule has 2 N–H and O–H groups in total. The first-order chi connectivity index (χ1) is 12.0. The third-order valence-electron chi connectivity index (χ3n) is 3.72. The average Bonchev–Trinajstić information content (AvgIpc) is 2.60. The van der Waals surface area contributed by atoms with Gasteiger partial charge in [0.25, 0.3) is 0 Å². The number of amides is 2. The number of carbonyl (C=O) groups excluding carboxylic acids is 2. The first-order valence-corrected chi connectivity index (χ1v) is 8.73. The lowest BCUT2D eigenvalue weighted by molar-refractivity contribution is -0.124. The van der Waals surface area contributed by atoms with Crippen molar-refractivity contribution in [3.63, 3.8) is 0 Å². The van der Waals surface area contributed by atoms with Crippen LogP contribution < -0.4 is 15.4 Å². The maximum Gasteiger partial charge on any atom is 0.243 e. The summed E-state index contributed by atoms with van der Waals surface area (Å²) in [6, 6.07) is 13.2. The van der Waals surface area contributed by atoms with Crippen molar-refractivity contribution >= 4 is 33.4 Å². The summed E-state index contributed by atoms with van der Waals surface area (Å²) in [5.74, 6) is 0.336. The molecule has 132 valence electrons. The van der Waals surface area contributed by atoms with Crippen LogP contribution in [0.4, 0.5) is 5.69 Å². The van der Waals surface area contributed by atoms with Crippen LogP contribution in [0.15, 0.2) is 46.9 Å². The predicted octanol–water partition coefficient (Wildman–Crippen LogP) is 3.45. The molecule has 0 aromatic heterocycles. The summed E-state index contributed by atoms with van der Waals surface area (Å²) in [5.41, 5.74) is 2.65. The van der Waals surface area contributed by atoms with Gasteiger partial charge in [0.05, 0.1) is 13.7 Å². The van der Waals surface area contributed by atoms with E-state index in [-0.39, 0.29) is 18.4 Å². The monoisotopic (exact) mass is 404 g/mol. The molecule has 0 aliphatic heterocycles. The van der Waals surface area contributed by atoms with Crippen molar-refractivity contribution in [1.29, 1.82) is 0 Å². The van der Waals surface area contributed by atoms with Crippen LogP contribution in [-0.2, 0) is 16.0 Å². The number of rotatable bonds is 7. The summed E-state index contributed by atoms with van der Waals surface area (Å²) in [6.45, 7) is 1.85. The number of para-hydroxylation sites is 1. The van der Waals surface area contributed by atoms with E-state index in [9.17, 15) is 9.59 Å². The van der Waals surface area contributed by atoms with Gasteiger partial charge in [0.2, 0.25) is 11.8 Å². The molecule has 0 unspecified atom stereocenters. The number of methoxy groups -OCH3 is 1. The Labute approximate surface area is 155 Å². The van der Waals surface area contributed by atoms with Gasteiger partial charge in [0.1, 0.15) is 5.75 Å². The van der Waals surface area contributed by atoms with Gasteiger partial charge in [-0.05, 0) is 48.7 Å². The highest BCUT2D eigenvalue weighted by Gasteiger charge is 2.09. The quantitative estimate of drug-likeness (QED) is 0.742. The zero-order valence-corrected chi connectivity index (χ0v) is 15.9. The van der Waals surface area contributed by atoms with Crippen molar-refractivity contribution in [2.75, 3.05) is 19.0 Å². The molecule has 6 heteroatoms. The third kappa shape index (κ3) is 5.90. The highest BCUT2D eigenvalue weighted by molar-refractivity contribution is 9.10. The van der Waals surface area contributed by atoms with Crippen molar-refractivity contribution in [2.24, 2.45) is 0 Å². The lowest BCUT2D eigenvalue weighted by Gasteiger charge is -2.10. The van der Waals surface area contributed by atoms with Gasteiger partial charge in [-0.25, -0.2) is 0 Å². The fraction of sp³-hybridized carbons (Fsp3) is 0.263. The minimum absolute atomic E-state index is 0.0553. The van der Waals surface area contributed by atoms with Gasteiger partial charge >= 0.3 is 0 Å². The molecule has 0 saturated carbocycles. The van der Waals surface area contributed by atoms with Gasteiger partial charge in [-0.1, -0.05) is 34.1 Å². The molecule has 0 radical (unpaired) electrons. The highest BCUT2D eigenvalue weighted by Crippen LogP contribution is 2.20. The van der Waals surface area contributed by atoms with E-state index in [0.717, 1.165) is 27.0 Å². The van der Waals surface area contributed by atoms with Gasteiger partial charge in [-0.2, -0.15) is 0 Å². The molecule has 25 heavy (non-hydrogen) atoms. The molecule has 0 fully saturated rings. The minimum Gasteiger partial charge on any atom is -0.496 e. The minimum atomic E-state index is -0.254. The maximum absolute atomic E-state index is 12.0. The van der Waals surface area contributed by atoms with Crippen LogP contribution in [-0.4, -0.2) is 25.5 Å². The zero-order valence-electron chi connectivity index (χ0n) is 14.3. The van der Waals surface area contributed by atoms with Crippen molar-refractivity contribution in [3.8, 4) is 5.75 Å². The second-order valence-corrected chi connectivity index (χ2v) is 6.51. The van der Waals surface area contributed by atoms with Gasteiger partial charge in [-0.15, -0.1) is 0 Å². The van der Waals surface area contributed by atoms with Crippen LogP contribution in [0, 0.1) is 6.92 Å². The van der Waals surface area contributed by atoms with Crippen LogP contribution in [0.1, 0.15) is 17.5 Å². The summed E-state index contributed by atoms with van der Waals surface area (Å²) in [4.78, 5) is 23.9. The normalized spacial score (nSPS) is 10.2. The summed E-state index contributed by atoms with van der Waals surface area (Å²) < 4.78 is 6.21. The van der Waals surface area contributed by atoms with Gasteiger partial charge in [0.15, 0.2) is 0 Å². The number of anilines is 1. The van der Waals surface area contributed by atoms with E-state index in [2.05, 4.69) is 26.6 Å². The van der Waals surface area contributed by atoms with E-state index in [1.807, 2.05) is 49.4 Å². The standard InChI is InChI=1S/C19H21BrN2O3/c1-13-11-15(20)8-9-16(13)22-19(24)12-21-18(23)10-7-14-5-3-4-6-17(14)25-2/h3-6,8-9,11H,7,10,12H2,1-2H3,(H,21,23)(H,22,24). The van der Waals surface area contributed by atoms with Gasteiger partial charge in [-0.3, -0.25) is 9.59 Å². The first kappa shape index (κ1) is 19.0. The topological polar surface area (TPSA) is 67.4 Å². The smallest absolute Gasteiger partial charge is 0.243 e. The van der Waals surface area contributed by atoms with E-state index in [0.29, 0.717) is 12.8 Å². The molecule has 0 aliphatic carbocycles. The number of halogens is 1. The summed E-state index contributed by atoms with van der Waals surface area (Å²) in [5, 5.41) is 5.43. The largest absolute Gasteiger partial charge is 0.496 e. The Hall–Kier alpha value is -2.34. The first-order valence-electron chi connectivity index (χ1n) is 7.94. The summed E-state index contributed by atoms with van der Waals surface area (Å²) >= 11 is 3.38. The van der Waals surface area contributed by atoms with Crippen LogP contribution in [0.5, 0.6) is 5.75 Å². The molecule has 0 saturated heterocycles. The Balaban J connectivity index is 1.78. The molecular formula is C19H21BrN2O3. The molecule has 0 heterocycles. The lowest BCUT2D eigenvalue weighted by Crippen LogP contribution is -2.33. The Morgan fingerprint density at radius 1 is 1.12 bits per heavy atom. The van der Waals surface area contributed by atoms with E-state index in [4.69, 9.17) is 4.74 Å². The SMILES string of the molecule is COc1ccccc1CCC(=O)NCC(=O)Nc1ccc(Br)cc1C.